The van der Waals surface area contributed by atoms with Crippen LogP contribution in [0.25, 0.3) is 0 Å². The summed E-state index contributed by atoms with van der Waals surface area (Å²) < 4.78 is 23.3. The largest absolute Gasteiger partial charge is 0.367 e. The van der Waals surface area contributed by atoms with E-state index in [0.29, 0.717) is 0 Å². The summed E-state index contributed by atoms with van der Waals surface area (Å²) in [6, 6.07) is 6.04. The maximum absolute atomic E-state index is 11.7. The highest BCUT2D eigenvalue weighted by molar-refractivity contribution is 7.92. The maximum atomic E-state index is 11.7. The molecule has 0 aliphatic carbocycles. The van der Waals surface area contributed by atoms with Crippen molar-refractivity contribution in [2.75, 3.05) is 0 Å². The normalized spacial score (nSPS) is 13.5. The molecule has 0 radical (unpaired) electrons. The molecule has 1 unspecified atom stereocenters. The standard InChI is InChI=1S/C9H12N2O3S/c1-6-2-4-7(5-3-6)15(13,14)9(11)8(10)12/h2-5,9H,11H2,1H3,(H2,10,12). The molecule has 0 fully saturated rings. The molecule has 1 rings (SSSR count). The Morgan fingerprint density at radius 3 is 2.13 bits per heavy atom. The van der Waals surface area contributed by atoms with E-state index < -0.39 is 21.1 Å². The third-order valence-electron chi connectivity index (χ3n) is 1.96. The van der Waals surface area contributed by atoms with E-state index in [1.165, 1.54) is 12.1 Å². The molecule has 5 nitrogen and oxygen atoms in total. The van der Waals surface area contributed by atoms with Gasteiger partial charge >= 0.3 is 0 Å². The monoisotopic (exact) mass is 228 g/mol. The highest BCUT2D eigenvalue weighted by Gasteiger charge is 2.28. The molecule has 0 saturated carbocycles. The number of rotatable bonds is 3. The number of hydrogen-bond donors (Lipinski definition) is 2. The zero-order valence-electron chi connectivity index (χ0n) is 8.17. The van der Waals surface area contributed by atoms with E-state index >= 15 is 0 Å². The summed E-state index contributed by atoms with van der Waals surface area (Å²) in [5, 5.41) is -1.69. The molecule has 6 heteroatoms. The smallest absolute Gasteiger partial charge is 0.250 e. The molecular weight excluding hydrogens is 216 g/mol. The SMILES string of the molecule is Cc1ccc(S(=O)(=O)C(N)C(N)=O)cc1. The number of carbonyl (C=O) groups is 1. The van der Waals surface area contributed by atoms with Crippen LogP contribution in [0, 0.1) is 6.92 Å². The molecule has 0 aliphatic heterocycles. The van der Waals surface area contributed by atoms with Crippen molar-refractivity contribution in [2.24, 2.45) is 11.5 Å². The van der Waals surface area contributed by atoms with E-state index in [1.807, 2.05) is 6.92 Å². The first kappa shape index (κ1) is 11.7. The van der Waals surface area contributed by atoms with Gasteiger partial charge in [-0.15, -0.1) is 0 Å². The van der Waals surface area contributed by atoms with Crippen LogP contribution >= 0.6 is 0 Å². The second-order valence-corrected chi connectivity index (χ2v) is 5.25. The fourth-order valence-electron chi connectivity index (χ4n) is 1.03. The van der Waals surface area contributed by atoms with Crippen LogP contribution in [-0.4, -0.2) is 19.7 Å². The first-order chi connectivity index (χ1) is 6.85. The van der Waals surface area contributed by atoms with Crippen LogP contribution in [0.1, 0.15) is 5.56 Å². The number of sulfone groups is 1. The van der Waals surface area contributed by atoms with Gasteiger partial charge in [0.25, 0.3) is 0 Å². The lowest BCUT2D eigenvalue weighted by Gasteiger charge is -2.09. The average molecular weight is 228 g/mol. The van der Waals surface area contributed by atoms with Crippen molar-refractivity contribution in [3.63, 3.8) is 0 Å². The van der Waals surface area contributed by atoms with Crippen LogP contribution in [0.5, 0.6) is 0 Å². The number of nitrogens with two attached hydrogens (primary N) is 2. The van der Waals surface area contributed by atoms with Gasteiger partial charge in [0.2, 0.25) is 15.7 Å². The van der Waals surface area contributed by atoms with Crippen molar-refractivity contribution in [3.05, 3.63) is 29.8 Å². The van der Waals surface area contributed by atoms with Gasteiger partial charge in [-0.3, -0.25) is 4.79 Å². The van der Waals surface area contributed by atoms with E-state index in [2.05, 4.69) is 0 Å². The number of hydrogen-bond acceptors (Lipinski definition) is 4. The van der Waals surface area contributed by atoms with Gasteiger partial charge in [-0.25, -0.2) is 8.42 Å². The van der Waals surface area contributed by atoms with Crippen molar-refractivity contribution in [1.29, 1.82) is 0 Å². The van der Waals surface area contributed by atoms with Crippen molar-refractivity contribution in [1.82, 2.24) is 0 Å². The summed E-state index contributed by atoms with van der Waals surface area (Å²) in [5.41, 5.74) is 11.0. The average Bonchev–Trinajstić information content (AvgIpc) is 2.17. The van der Waals surface area contributed by atoms with Crippen molar-refractivity contribution in [3.8, 4) is 0 Å². The Bertz CT molecular complexity index is 465. The molecular formula is C9H12N2O3S. The number of carbonyl (C=O) groups excluding carboxylic acids is 1. The zero-order valence-corrected chi connectivity index (χ0v) is 8.99. The maximum Gasteiger partial charge on any atom is 0.250 e. The van der Waals surface area contributed by atoms with E-state index in [1.54, 1.807) is 12.1 Å². The van der Waals surface area contributed by atoms with Gasteiger partial charge in [0.15, 0.2) is 5.37 Å². The lowest BCUT2D eigenvalue weighted by atomic mass is 10.2. The molecule has 1 amide bonds. The Kier molecular flexibility index (Phi) is 3.11. The molecule has 82 valence electrons. The highest BCUT2D eigenvalue weighted by atomic mass is 32.2. The Morgan fingerprint density at radius 2 is 1.73 bits per heavy atom. The molecule has 0 bridgehead atoms. The Labute approximate surface area is 88.0 Å². The summed E-state index contributed by atoms with van der Waals surface area (Å²) in [4.78, 5) is 10.7. The lowest BCUT2D eigenvalue weighted by Crippen LogP contribution is -2.43. The summed E-state index contributed by atoms with van der Waals surface area (Å²) in [7, 11) is -3.85. The predicted molar refractivity (Wildman–Crippen MR) is 55.5 cm³/mol. The third kappa shape index (κ3) is 2.34. The van der Waals surface area contributed by atoms with Gasteiger partial charge in [0.1, 0.15) is 0 Å². The first-order valence-electron chi connectivity index (χ1n) is 4.21. The Morgan fingerprint density at radius 1 is 1.27 bits per heavy atom. The van der Waals surface area contributed by atoms with E-state index in [9.17, 15) is 13.2 Å². The first-order valence-corrected chi connectivity index (χ1v) is 5.76. The molecule has 4 N–H and O–H groups in total. The topological polar surface area (TPSA) is 103 Å². The second-order valence-electron chi connectivity index (χ2n) is 3.18. The van der Waals surface area contributed by atoms with Crippen LogP contribution in [0.3, 0.4) is 0 Å². The van der Waals surface area contributed by atoms with Gasteiger partial charge < -0.3 is 11.5 Å². The van der Waals surface area contributed by atoms with Crippen molar-refractivity contribution >= 4 is 15.7 Å². The predicted octanol–water partition coefficient (Wildman–Crippen LogP) is -0.461. The zero-order chi connectivity index (χ0) is 11.6. The minimum Gasteiger partial charge on any atom is -0.367 e. The van der Waals surface area contributed by atoms with E-state index in [4.69, 9.17) is 11.5 Å². The van der Waals surface area contributed by atoms with Crippen molar-refractivity contribution < 1.29 is 13.2 Å². The van der Waals surface area contributed by atoms with Gasteiger partial charge in [-0.05, 0) is 19.1 Å². The number of benzene rings is 1. The van der Waals surface area contributed by atoms with Crippen molar-refractivity contribution in [2.45, 2.75) is 17.2 Å². The van der Waals surface area contributed by atoms with E-state index in [0.717, 1.165) is 5.56 Å². The molecule has 1 aromatic carbocycles. The van der Waals surface area contributed by atoms with Gasteiger partial charge in [0, 0.05) is 0 Å². The van der Waals surface area contributed by atoms with Gasteiger partial charge in [-0.2, -0.15) is 0 Å². The van der Waals surface area contributed by atoms with Crippen LogP contribution in [0.15, 0.2) is 29.2 Å². The number of amides is 1. The fraction of sp³-hybridized carbons (Fsp3) is 0.222. The molecule has 1 atom stereocenters. The molecule has 0 heterocycles. The molecule has 0 aromatic heterocycles. The number of primary amides is 1. The van der Waals surface area contributed by atoms with Crippen LogP contribution < -0.4 is 11.5 Å². The minimum absolute atomic E-state index is 0.000556. The van der Waals surface area contributed by atoms with Crippen LogP contribution in [0.2, 0.25) is 0 Å². The Balaban J connectivity index is 3.17. The molecule has 0 aliphatic rings. The Hall–Kier alpha value is -1.40. The molecule has 0 spiro atoms. The summed E-state index contributed by atoms with van der Waals surface area (Å²) in [5.74, 6) is -1.06. The van der Waals surface area contributed by atoms with Crippen LogP contribution in [0.4, 0.5) is 0 Å². The summed E-state index contributed by atoms with van der Waals surface area (Å²) >= 11 is 0. The lowest BCUT2D eigenvalue weighted by molar-refractivity contribution is -0.117. The highest BCUT2D eigenvalue weighted by Crippen LogP contribution is 2.14. The summed E-state index contributed by atoms with van der Waals surface area (Å²) in [6.45, 7) is 1.82. The van der Waals surface area contributed by atoms with Gasteiger partial charge in [0.05, 0.1) is 4.90 Å². The van der Waals surface area contributed by atoms with E-state index in [-0.39, 0.29) is 4.90 Å². The molecule has 1 aromatic rings. The fourth-order valence-corrected chi connectivity index (χ4v) is 2.14. The second kappa shape index (κ2) is 4.00. The molecule has 15 heavy (non-hydrogen) atoms. The quantitative estimate of drug-likeness (QED) is 0.730. The minimum atomic E-state index is -3.85. The van der Waals surface area contributed by atoms with Gasteiger partial charge in [-0.1, -0.05) is 17.7 Å². The third-order valence-corrected chi connectivity index (χ3v) is 3.79. The number of aryl methyl sites for hydroxylation is 1. The van der Waals surface area contributed by atoms with Crippen LogP contribution in [-0.2, 0) is 14.6 Å². The molecule has 0 saturated heterocycles. The summed E-state index contributed by atoms with van der Waals surface area (Å²) in [6.07, 6.45) is 0.